The van der Waals surface area contributed by atoms with Crippen molar-refractivity contribution in [2.45, 2.75) is 12.8 Å². The predicted octanol–water partition coefficient (Wildman–Crippen LogP) is 1.98. The maximum Gasteiger partial charge on any atom is 0.274 e. The van der Waals surface area contributed by atoms with E-state index in [0.717, 1.165) is 48.6 Å². The lowest BCUT2D eigenvalue weighted by atomic mass is 10.1. The Bertz CT molecular complexity index is 1010. The molecule has 2 fully saturated rings. The second-order valence-corrected chi connectivity index (χ2v) is 7.46. The Kier molecular flexibility index (Phi) is 4.67. The Hall–Kier alpha value is -3.29. The predicted molar refractivity (Wildman–Crippen MR) is 111 cm³/mol. The van der Waals surface area contributed by atoms with Gasteiger partial charge in [0.1, 0.15) is 17.8 Å². The second-order valence-electron chi connectivity index (χ2n) is 7.46. The van der Waals surface area contributed by atoms with Crippen molar-refractivity contribution in [1.82, 2.24) is 24.8 Å². The number of carbonyl (C=O) groups is 1. The van der Waals surface area contributed by atoms with Gasteiger partial charge in [-0.25, -0.2) is 15.0 Å². The van der Waals surface area contributed by atoms with Crippen molar-refractivity contribution in [3.63, 3.8) is 0 Å². The van der Waals surface area contributed by atoms with E-state index in [1.54, 1.807) is 18.7 Å². The molecule has 2 aliphatic rings. The largest absolute Gasteiger partial charge is 0.368 e. The SMILES string of the molecule is O=C(c1cnccn1)N1CCN(c2ccc3ncnc(N4CCCC4)c3c2)CC1. The monoisotopic (exact) mass is 389 g/mol. The molecule has 4 heterocycles. The zero-order valence-corrected chi connectivity index (χ0v) is 16.2. The van der Waals surface area contributed by atoms with E-state index in [1.165, 1.54) is 19.0 Å². The van der Waals surface area contributed by atoms with E-state index in [1.807, 2.05) is 4.90 Å². The van der Waals surface area contributed by atoms with Gasteiger partial charge in [-0.1, -0.05) is 0 Å². The van der Waals surface area contributed by atoms with Gasteiger partial charge in [0.15, 0.2) is 0 Å². The van der Waals surface area contributed by atoms with E-state index in [-0.39, 0.29) is 5.91 Å². The first-order valence-corrected chi connectivity index (χ1v) is 10.1. The molecule has 3 aromatic rings. The summed E-state index contributed by atoms with van der Waals surface area (Å²) in [4.78, 5) is 36.3. The number of fused-ring (bicyclic) bond motifs is 1. The number of anilines is 2. The summed E-state index contributed by atoms with van der Waals surface area (Å²) >= 11 is 0. The smallest absolute Gasteiger partial charge is 0.274 e. The van der Waals surface area contributed by atoms with E-state index >= 15 is 0 Å². The molecule has 0 unspecified atom stereocenters. The summed E-state index contributed by atoms with van der Waals surface area (Å²) < 4.78 is 0. The number of benzene rings is 1. The molecule has 0 N–H and O–H groups in total. The molecule has 5 rings (SSSR count). The quantitative estimate of drug-likeness (QED) is 0.678. The fourth-order valence-corrected chi connectivity index (χ4v) is 4.15. The summed E-state index contributed by atoms with van der Waals surface area (Å²) in [5.74, 6) is 0.979. The van der Waals surface area contributed by atoms with Crippen LogP contribution in [0.15, 0.2) is 43.1 Å². The summed E-state index contributed by atoms with van der Waals surface area (Å²) in [5, 5.41) is 1.10. The molecule has 8 nitrogen and oxygen atoms in total. The Balaban J connectivity index is 1.34. The number of piperazine rings is 1. The molecular weight excluding hydrogens is 366 g/mol. The third-order valence-electron chi connectivity index (χ3n) is 5.72. The maximum atomic E-state index is 12.6. The third kappa shape index (κ3) is 3.46. The van der Waals surface area contributed by atoms with Crippen molar-refractivity contribution in [3.8, 4) is 0 Å². The molecule has 1 amide bonds. The average molecular weight is 389 g/mol. The van der Waals surface area contributed by atoms with Crippen molar-refractivity contribution in [3.05, 3.63) is 48.8 Å². The summed E-state index contributed by atoms with van der Waals surface area (Å²) in [7, 11) is 0. The van der Waals surface area contributed by atoms with Gasteiger partial charge in [0.2, 0.25) is 0 Å². The number of hydrogen-bond donors (Lipinski definition) is 0. The normalized spacial score (nSPS) is 17.2. The van der Waals surface area contributed by atoms with Gasteiger partial charge in [0.25, 0.3) is 5.91 Å². The highest BCUT2D eigenvalue weighted by Gasteiger charge is 2.24. The molecule has 0 saturated carbocycles. The lowest BCUT2D eigenvalue weighted by Gasteiger charge is -2.36. The molecule has 148 valence electrons. The molecular formula is C21H23N7O. The lowest BCUT2D eigenvalue weighted by molar-refractivity contribution is 0.0740. The van der Waals surface area contributed by atoms with Gasteiger partial charge >= 0.3 is 0 Å². The molecule has 8 heteroatoms. The van der Waals surface area contributed by atoms with E-state index in [4.69, 9.17) is 0 Å². The van der Waals surface area contributed by atoms with Crippen molar-refractivity contribution < 1.29 is 4.79 Å². The van der Waals surface area contributed by atoms with Gasteiger partial charge < -0.3 is 14.7 Å². The lowest BCUT2D eigenvalue weighted by Crippen LogP contribution is -2.49. The van der Waals surface area contributed by atoms with Gasteiger partial charge in [-0.2, -0.15) is 0 Å². The van der Waals surface area contributed by atoms with Gasteiger partial charge in [-0.3, -0.25) is 9.78 Å². The van der Waals surface area contributed by atoms with Crippen molar-refractivity contribution in [2.75, 3.05) is 49.1 Å². The maximum absolute atomic E-state index is 12.6. The highest BCUT2D eigenvalue weighted by Crippen LogP contribution is 2.30. The minimum Gasteiger partial charge on any atom is -0.368 e. The number of amides is 1. The van der Waals surface area contributed by atoms with Crippen molar-refractivity contribution in [2.24, 2.45) is 0 Å². The second kappa shape index (κ2) is 7.62. The number of rotatable bonds is 3. The molecule has 2 aliphatic heterocycles. The minimum atomic E-state index is -0.0546. The molecule has 1 aromatic carbocycles. The molecule has 29 heavy (non-hydrogen) atoms. The minimum absolute atomic E-state index is 0.0546. The molecule has 0 atom stereocenters. The van der Waals surface area contributed by atoms with E-state index in [0.29, 0.717) is 18.8 Å². The molecule has 0 radical (unpaired) electrons. The van der Waals surface area contributed by atoms with E-state index < -0.39 is 0 Å². The Morgan fingerprint density at radius 2 is 1.69 bits per heavy atom. The third-order valence-corrected chi connectivity index (χ3v) is 5.72. The molecule has 2 aromatic heterocycles. The highest BCUT2D eigenvalue weighted by atomic mass is 16.2. The Morgan fingerprint density at radius 1 is 0.862 bits per heavy atom. The first kappa shape index (κ1) is 17.8. The molecule has 2 saturated heterocycles. The summed E-state index contributed by atoms with van der Waals surface area (Å²) in [6.07, 6.45) is 8.75. The van der Waals surface area contributed by atoms with Crippen LogP contribution >= 0.6 is 0 Å². The molecule has 0 spiro atoms. The van der Waals surface area contributed by atoms with Crippen molar-refractivity contribution >= 4 is 28.3 Å². The summed E-state index contributed by atoms with van der Waals surface area (Å²) in [6.45, 7) is 5.00. The van der Waals surface area contributed by atoms with Gasteiger partial charge in [0.05, 0.1) is 11.7 Å². The van der Waals surface area contributed by atoms with Crippen LogP contribution in [0.3, 0.4) is 0 Å². The van der Waals surface area contributed by atoms with Crippen molar-refractivity contribution in [1.29, 1.82) is 0 Å². The summed E-state index contributed by atoms with van der Waals surface area (Å²) in [6, 6.07) is 6.38. The Labute approximate surface area is 169 Å². The summed E-state index contributed by atoms with van der Waals surface area (Å²) in [5.41, 5.74) is 2.53. The number of nitrogens with zero attached hydrogens (tertiary/aromatic N) is 7. The van der Waals surface area contributed by atoms with Crippen LogP contribution in [0.1, 0.15) is 23.3 Å². The van der Waals surface area contributed by atoms with Gasteiger partial charge in [0, 0.05) is 62.7 Å². The van der Waals surface area contributed by atoms with E-state index in [9.17, 15) is 4.79 Å². The van der Waals surface area contributed by atoms with E-state index in [2.05, 4.69) is 47.9 Å². The van der Waals surface area contributed by atoms with Crippen LogP contribution < -0.4 is 9.80 Å². The fourth-order valence-electron chi connectivity index (χ4n) is 4.15. The number of carbonyl (C=O) groups excluding carboxylic acids is 1. The van der Waals surface area contributed by atoms with Crippen LogP contribution in [-0.2, 0) is 0 Å². The molecule has 0 bridgehead atoms. The van der Waals surface area contributed by atoms with Crippen LogP contribution in [-0.4, -0.2) is 70.0 Å². The fraction of sp³-hybridized carbons (Fsp3) is 0.381. The standard InChI is InChI=1S/C21H23N7O/c29-21(19-14-22-5-6-23-19)28-11-9-26(10-12-28)16-3-4-18-17(13-16)20(25-15-24-18)27-7-1-2-8-27/h3-6,13-15H,1-2,7-12H2. The number of aromatic nitrogens is 4. The van der Waals surface area contributed by atoms with Crippen LogP contribution in [0.2, 0.25) is 0 Å². The zero-order valence-electron chi connectivity index (χ0n) is 16.2. The number of hydrogen-bond acceptors (Lipinski definition) is 7. The first-order valence-electron chi connectivity index (χ1n) is 10.1. The van der Waals surface area contributed by atoms with Crippen LogP contribution in [0.25, 0.3) is 10.9 Å². The molecule has 0 aliphatic carbocycles. The topological polar surface area (TPSA) is 78.4 Å². The van der Waals surface area contributed by atoms with Crippen LogP contribution in [0.5, 0.6) is 0 Å². The van der Waals surface area contributed by atoms with Gasteiger partial charge in [-0.05, 0) is 31.0 Å². The highest BCUT2D eigenvalue weighted by molar-refractivity contribution is 5.93. The Morgan fingerprint density at radius 3 is 2.45 bits per heavy atom. The zero-order chi connectivity index (χ0) is 19.6. The van der Waals surface area contributed by atoms with Gasteiger partial charge in [-0.15, -0.1) is 0 Å². The van der Waals surface area contributed by atoms with Crippen LogP contribution in [0, 0.1) is 0 Å². The average Bonchev–Trinajstić information content (AvgIpc) is 3.33. The first-order chi connectivity index (χ1) is 14.3. The van der Waals surface area contributed by atoms with Crippen LogP contribution in [0.4, 0.5) is 11.5 Å².